The minimum Gasteiger partial charge on any atom is -0.390 e. The van der Waals surface area contributed by atoms with E-state index < -0.39 is 0 Å². The fourth-order valence-electron chi connectivity index (χ4n) is 0.939. The lowest BCUT2D eigenvalue weighted by Gasteiger charge is -2.28. The third-order valence-electron chi connectivity index (χ3n) is 1.57. The summed E-state index contributed by atoms with van der Waals surface area (Å²) in [7, 11) is 0. The van der Waals surface area contributed by atoms with Crippen LogP contribution in [0.1, 0.15) is 20.3 Å². The first-order chi connectivity index (χ1) is 4.70. The number of aliphatic hydroxyl groups excluding tert-OH is 1. The van der Waals surface area contributed by atoms with E-state index in [-0.39, 0.29) is 11.5 Å². The van der Waals surface area contributed by atoms with Crippen LogP contribution in [0.25, 0.3) is 0 Å². The van der Waals surface area contributed by atoms with Crippen molar-refractivity contribution < 1.29 is 9.84 Å². The Morgan fingerprint density at radius 1 is 1.70 bits per heavy atom. The highest BCUT2D eigenvalue weighted by Gasteiger charge is 2.23. The summed E-state index contributed by atoms with van der Waals surface area (Å²) >= 11 is 1.70. The Morgan fingerprint density at radius 3 is 2.80 bits per heavy atom. The lowest BCUT2D eigenvalue weighted by atomic mass is 10.3. The van der Waals surface area contributed by atoms with Gasteiger partial charge in [-0.2, -0.15) is 0 Å². The fraction of sp³-hybridized carbons (Fsp3) is 1.00. The normalized spacial score (nSPS) is 37.5. The van der Waals surface area contributed by atoms with E-state index in [0.29, 0.717) is 6.10 Å². The van der Waals surface area contributed by atoms with Gasteiger partial charge in [0, 0.05) is 0 Å². The maximum Gasteiger partial charge on any atom is 0.129 e. The van der Waals surface area contributed by atoms with Gasteiger partial charge in [0.1, 0.15) is 5.44 Å². The minimum absolute atomic E-state index is 0.00347. The lowest BCUT2D eigenvalue weighted by molar-refractivity contribution is -0.0226. The van der Waals surface area contributed by atoms with Crippen molar-refractivity contribution in [3.63, 3.8) is 0 Å². The molecule has 3 atom stereocenters. The largest absolute Gasteiger partial charge is 0.390 e. The molecule has 1 rings (SSSR count). The zero-order chi connectivity index (χ0) is 7.56. The molecule has 0 saturated carbocycles. The molecule has 0 aromatic carbocycles. The number of aliphatic hydroxyl groups is 1. The summed E-state index contributed by atoms with van der Waals surface area (Å²) in [6.45, 7) is 3.82. The smallest absolute Gasteiger partial charge is 0.129 e. The highest BCUT2D eigenvalue weighted by molar-refractivity contribution is 7.99. The standard InChI is InChI=1S/C7H14O2S/c1-5-3-4-10-7(9-5)6(2)8/h5-8H,3-4H2,1-2H3/t5-,6+,7-/m1/s1. The van der Waals surface area contributed by atoms with E-state index in [9.17, 15) is 0 Å². The number of hydrogen-bond acceptors (Lipinski definition) is 3. The predicted octanol–water partition coefficient (Wildman–Crippen LogP) is 1.24. The van der Waals surface area contributed by atoms with Gasteiger partial charge in [0.15, 0.2) is 0 Å². The molecule has 1 aliphatic rings. The third-order valence-corrected chi connectivity index (χ3v) is 2.87. The molecule has 1 heterocycles. The third kappa shape index (κ3) is 2.15. The lowest BCUT2D eigenvalue weighted by Crippen LogP contribution is -2.31. The van der Waals surface area contributed by atoms with Crippen LogP contribution in [0.15, 0.2) is 0 Å². The van der Waals surface area contributed by atoms with E-state index in [1.807, 2.05) is 0 Å². The van der Waals surface area contributed by atoms with E-state index in [2.05, 4.69) is 6.92 Å². The molecule has 0 radical (unpaired) electrons. The molecule has 0 aromatic rings. The van der Waals surface area contributed by atoms with Crippen LogP contribution in [0.2, 0.25) is 0 Å². The maximum absolute atomic E-state index is 9.15. The van der Waals surface area contributed by atoms with Crippen molar-refractivity contribution in [2.75, 3.05) is 5.75 Å². The molecule has 0 bridgehead atoms. The van der Waals surface area contributed by atoms with Gasteiger partial charge < -0.3 is 9.84 Å². The van der Waals surface area contributed by atoms with Crippen molar-refractivity contribution in [3.05, 3.63) is 0 Å². The maximum atomic E-state index is 9.15. The molecule has 1 aliphatic heterocycles. The first-order valence-electron chi connectivity index (χ1n) is 3.65. The Morgan fingerprint density at radius 2 is 2.40 bits per heavy atom. The van der Waals surface area contributed by atoms with Crippen molar-refractivity contribution in [3.8, 4) is 0 Å². The van der Waals surface area contributed by atoms with Crippen LogP contribution in [0, 0.1) is 0 Å². The molecular weight excluding hydrogens is 148 g/mol. The molecule has 2 nitrogen and oxygen atoms in total. The van der Waals surface area contributed by atoms with Crippen molar-refractivity contribution in [1.82, 2.24) is 0 Å². The second kappa shape index (κ2) is 3.60. The van der Waals surface area contributed by atoms with Crippen molar-refractivity contribution in [2.24, 2.45) is 0 Å². The number of hydrogen-bond donors (Lipinski definition) is 1. The molecule has 10 heavy (non-hydrogen) atoms. The Bertz CT molecular complexity index is 106. The number of thioether (sulfide) groups is 1. The van der Waals surface area contributed by atoms with Gasteiger partial charge in [-0.25, -0.2) is 0 Å². The van der Waals surface area contributed by atoms with Gasteiger partial charge >= 0.3 is 0 Å². The summed E-state index contributed by atoms with van der Waals surface area (Å²) in [5, 5.41) is 9.15. The van der Waals surface area contributed by atoms with Crippen LogP contribution < -0.4 is 0 Å². The van der Waals surface area contributed by atoms with Crippen LogP contribution in [-0.2, 0) is 4.74 Å². The molecule has 1 fully saturated rings. The first-order valence-corrected chi connectivity index (χ1v) is 4.70. The second-order valence-corrected chi connectivity index (χ2v) is 3.92. The van der Waals surface area contributed by atoms with E-state index in [0.717, 1.165) is 12.2 Å². The Balaban J connectivity index is 2.32. The highest BCUT2D eigenvalue weighted by atomic mass is 32.2. The molecule has 0 aliphatic carbocycles. The first kappa shape index (κ1) is 8.37. The molecule has 0 unspecified atom stereocenters. The predicted molar refractivity (Wildman–Crippen MR) is 43.1 cm³/mol. The quantitative estimate of drug-likeness (QED) is 0.629. The summed E-state index contributed by atoms with van der Waals surface area (Å²) in [4.78, 5) is 0. The molecule has 0 aromatic heterocycles. The van der Waals surface area contributed by atoms with Gasteiger partial charge in [0.25, 0.3) is 0 Å². The molecular formula is C7H14O2S. The van der Waals surface area contributed by atoms with Gasteiger partial charge in [0.2, 0.25) is 0 Å². The van der Waals surface area contributed by atoms with Gasteiger partial charge in [-0.1, -0.05) is 0 Å². The molecule has 1 N–H and O–H groups in total. The van der Waals surface area contributed by atoms with E-state index in [4.69, 9.17) is 9.84 Å². The van der Waals surface area contributed by atoms with E-state index >= 15 is 0 Å². The van der Waals surface area contributed by atoms with Gasteiger partial charge in [0.05, 0.1) is 12.2 Å². The summed E-state index contributed by atoms with van der Waals surface area (Å²) < 4.78 is 5.46. The van der Waals surface area contributed by atoms with Crippen molar-refractivity contribution >= 4 is 11.8 Å². The van der Waals surface area contributed by atoms with Gasteiger partial charge in [-0.3, -0.25) is 0 Å². The molecule has 60 valence electrons. The second-order valence-electron chi connectivity index (χ2n) is 2.72. The fourth-order valence-corrected chi connectivity index (χ4v) is 2.19. The monoisotopic (exact) mass is 162 g/mol. The van der Waals surface area contributed by atoms with Crippen LogP contribution in [0.4, 0.5) is 0 Å². The minimum atomic E-state index is -0.340. The Kier molecular flexibility index (Phi) is 3.01. The van der Waals surface area contributed by atoms with Crippen LogP contribution in [0.5, 0.6) is 0 Å². The highest BCUT2D eigenvalue weighted by Crippen LogP contribution is 2.25. The van der Waals surface area contributed by atoms with Crippen molar-refractivity contribution in [1.29, 1.82) is 0 Å². The number of rotatable bonds is 1. The topological polar surface area (TPSA) is 29.5 Å². The van der Waals surface area contributed by atoms with Crippen LogP contribution >= 0.6 is 11.8 Å². The molecule has 0 spiro atoms. The summed E-state index contributed by atoms with van der Waals surface area (Å²) in [6, 6.07) is 0. The Labute approximate surface area is 66.0 Å². The van der Waals surface area contributed by atoms with Gasteiger partial charge in [-0.05, 0) is 26.0 Å². The molecule has 1 saturated heterocycles. The van der Waals surface area contributed by atoms with E-state index in [1.54, 1.807) is 18.7 Å². The van der Waals surface area contributed by atoms with E-state index in [1.165, 1.54) is 0 Å². The number of ether oxygens (including phenoxy) is 1. The average Bonchev–Trinajstić information content (AvgIpc) is 1.88. The summed E-state index contributed by atoms with van der Waals surface area (Å²) in [6.07, 6.45) is 1.09. The SMILES string of the molecule is C[C@@H]1CCS[C@H]([C@H](C)O)O1. The van der Waals surface area contributed by atoms with Gasteiger partial charge in [-0.15, -0.1) is 11.8 Å². The Hall–Kier alpha value is 0.270. The summed E-state index contributed by atoms with van der Waals surface area (Å²) in [5.74, 6) is 1.11. The zero-order valence-corrected chi connectivity index (χ0v) is 7.23. The van der Waals surface area contributed by atoms with Crippen molar-refractivity contribution in [2.45, 2.75) is 37.9 Å². The molecule has 0 amide bonds. The zero-order valence-electron chi connectivity index (χ0n) is 6.41. The molecule has 3 heteroatoms. The van der Waals surface area contributed by atoms with Crippen LogP contribution in [-0.4, -0.2) is 28.5 Å². The van der Waals surface area contributed by atoms with Crippen LogP contribution in [0.3, 0.4) is 0 Å². The summed E-state index contributed by atoms with van der Waals surface area (Å²) in [5.41, 5.74) is 0.00347. The average molecular weight is 162 g/mol.